The number of sulfonamides is 1. The van der Waals surface area contributed by atoms with Crippen molar-refractivity contribution in [3.63, 3.8) is 0 Å². The van der Waals surface area contributed by atoms with Crippen molar-refractivity contribution in [3.05, 3.63) is 36.3 Å². The van der Waals surface area contributed by atoms with Gasteiger partial charge >= 0.3 is 6.18 Å². The minimum absolute atomic E-state index is 0.373. The number of phenols is 1. The molecule has 6 nitrogen and oxygen atoms in total. The molecule has 10 heteroatoms. The van der Waals surface area contributed by atoms with Gasteiger partial charge in [-0.25, -0.2) is 4.98 Å². The zero-order valence-electron chi connectivity index (χ0n) is 10.6. The molecule has 2 rings (SSSR count). The maximum atomic E-state index is 12.6. The number of rotatable bonds is 3. The van der Waals surface area contributed by atoms with E-state index in [0.29, 0.717) is 12.1 Å². The van der Waals surface area contributed by atoms with Gasteiger partial charge in [0.05, 0.1) is 17.6 Å². The molecule has 21 heavy (non-hydrogen) atoms. The van der Waals surface area contributed by atoms with E-state index in [9.17, 15) is 26.7 Å². The van der Waals surface area contributed by atoms with Crippen molar-refractivity contribution in [2.24, 2.45) is 7.05 Å². The lowest BCUT2D eigenvalue weighted by Gasteiger charge is -2.11. The highest BCUT2D eigenvalue weighted by Gasteiger charge is 2.31. The lowest BCUT2D eigenvalue weighted by Crippen LogP contribution is -2.14. The first-order chi connectivity index (χ1) is 9.59. The van der Waals surface area contributed by atoms with E-state index >= 15 is 0 Å². The normalized spacial score (nSPS) is 12.4. The van der Waals surface area contributed by atoms with Crippen LogP contribution in [0.1, 0.15) is 5.56 Å². The lowest BCUT2D eigenvalue weighted by atomic mass is 10.2. The molecule has 0 aliphatic heterocycles. The number of nitrogens with zero attached hydrogens (tertiary/aromatic N) is 2. The van der Waals surface area contributed by atoms with E-state index in [1.807, 2.05) is 4.72 Å². The highest BCUT2D eigenvalue weighted by molar-refractivity contribution is 7.92. The summed E-state index contributed by atoms with van der Waals surface area (Å²) in [7, 11) is -2.65. The fraction of sp³-hybridized carbons (Fsp3) is 0.182. The number of halogens is 3. The average Bonchev–Trinajstić information content (AvgIpc) is 2.78. The molecule has 0 fully saturated rings. The van der Waals surface area contributed by atoms with Crippen LogP contribution in [0.25, 0.3) is 0 Å². The Kier molecular flexibility index (Phi) is 3.58. The zero-order valence-corrected chi connectivity index (χ0v) is 11.4. The van der Waals surface area contributed by atoms with Gasteiger partial charge in [-0.1, -0.05) is 0 Å². The van der Waals surface area contributed by atoms with Crippen LogP contribution in [0.2, 0.25) is 0 Å². The molecule has 114 valence electrons. The number of aromatic nitrogens is 2. The quantitative estimate of drug-likeness (QED) is 0.846. The van der Waals surface area contributed by atoms with Crippen LogP contribution in [0, 0.1) is 0 Å². The Labute approximate surface area is 117 Å². The Bertz CT molecular complexity index is 769. The number of aryl methyl sites for hydroxylation is 1. The molecule has 0 radical (unpaired) electrons. The number of anilines is 1. The van der Waals surface area contributed by atoms with E-state index < -0.39 is 33.2 Å². The minimum atomic E-state index is -4.65. The monoisotopic (exact) mass is 321 g/mol. The topological polar surface area (TPSA) is 84.2 Å². The van der Waals surface area contributed by atoms with Crippen molar-refractivity contribution in [2.75, 3.05) is 4.72 Å². The maximum Gasteiger partial charge on any atom is 0.416 e. The number of phenolic OH excluding ortho intramolecular Hbond substituents is 1. The second-order valence-electron chi connectivity index (χ2n) is 4.21. The van der Waals surface area contributed by atoms with Gasteiger partial charge in [0, 0.05) is 13.2 Å². The van der Waals surface area contributed by atoms with E-state index in [-0.39, 0.29) is 5.03 Å². The molecule has 0 spiro atoms. The number of benzene rings is 1. The third-order valence-corrected chi connectivity index (χ3v) is 3.77. The summed E-state index contributed by atoms with van der Waals surface area (Å²) in [6, 6.07) is 1.92. The minimum Gasteiger partial charge on any atom is -0.506 e. The van der Waals surface area contributed by atoms with E-state index in [1.165, 1.54) is 24.1 Å². The molecule has 0 bridgehead atoms. The van der Waals surface area contributed by atoms with Crippen molar-refractivity contribution in [1.82, 2.24) is 9.55 Å². The van der Waals surface area contributed by atoms with Gasteiger partial charge in [-0.15, -0.1) is 0 Å². The zero-order chi connectivity index (χ0) is 15.8. The van der Waals surface area contributed by atoms with E-state index in [1.54, 1.807) is 0 Å². The first-order valence-electron chi connectivity index (χ1n) is 5.50. The SMILES string of the molecule is Cn1cnc(S(=O)(=O)Nc2cc(C(F)(F)F)ccc2O)c1. The van der Waals surface area contributed by atoms with Crippen LogP contribution in [-0.2, 0) is 23.2 Å². The number of imidazole rings is 1. The van der Waals surface area contributed by atoms with Crippen molar-refractivity contribution >= 4 is 15.7 Å². The van der Waals surface area contributed by atoms with E-state index in [4.69, 9.17) is 0 Å². The molecule has 0 amide bonds. The fourth-order valence-electron chi connectivity index (χ4n) is 1.52. The van der Waals surface area contributed by atoms with Crippen LogP contribution in [0.15, 0.2) is 35.7 Å². The molecule has 0 atom stereocenters. The van der Waals surface area contributed by atoms with Crippen molar-refractivity contribution in [2.45, 2.75) is 11.2 Å². The highest BCUT2D eigenvalue weighted by Crippen LogP contribution is 2.35. The van der Waals surface area contributed by atoms with Gasteiger partial charge in [0.15, 0.2) is 5.03 Å². The van der Waals surface area contributed by atoms with Crippen LogP contribution in [0.5, 0.6) is 5.75 Å². The Morgan fingerprint density at radius 1 is 1.33 bits per heavy atom. The third-order valence-electron chi connectivity index (χ3n) is 2.52. The summed E-state index contributed by atoms with van der Waals surface area (Å²) in [5.74, 6) is -0.623. The molecule has 2 aromatic rings. The van der Waals surface area contributed by atoms with Crippen molar-refractivity contribution in [3.8, 4) is 5.75 Å². The average molecular weight is 321 g/mol. The standard InChI is InChI=1S/C11H10F3N3O3S/c1-17-5-10(15-6-17)21(19,20)16-8-4-7(11(12,13)14)2-3-9(8)18/h2-6,16,18H,1H3. The summed E-state index contributed by atoms with van der Waals surface area (Å²) in [6.07, 6.45) is -2.26. The largest absolute Gasteiger partial charge is 0.506 e. The summed E-state index contributed by atoms with van der Waals surface area (Å²) < 4.78 is 64.9. The predicted molar refractivity (Wildman–Crippen MR) is 67.1 cm³/mol. The van der Waals surface area contributed by atoms with Crippen LogP contribution in [-0.4, -0.2) is 23.1 Å². The summed E-state index contributed by atoms with van der Waals surface area (Å²) in [6.45, 7) is 0. The molecule has 0 aliphatic rings. The molecule has 0 unspecified atom stereocenters. The molecule has 1 aromatic heterocycles. The molecule has 0 saturated heterocycles. The van der Waals surface area contributed by atoms with Gasteiger partial charge in [-0.05, 0) is 18.2 Å². The smallest absolute Gasteiger partial charge is 0.416 e. The van der Waals surface area contributed by atoms with Gasteiger partial charge < -0.3 is 9.67 Å². The summed E-state index contributed by atoms with van der Waals surface area (Å²) in [4.78, 5) is 3.59. The summed E-state index contributed by atoms with van der Waals surface area (Å²) in [5, 5.41) is 9.12. The van der Waals surface area contributed by atoms with Crippen LogP contribution >= 0.6 is 0 Å². The number of nitrogens with one attached hydrogen (secondary N) is 1. The summed E-state index contributed by atoms with van der Waals surface area (Å²) >= 11 is 0. The van der Waals surface area contributed by atoms with Gasteiger partial charge in [0.2, 0.25) is 0 Å². The Morgan fingerprint density at radius 2 is 2.00 bits per heavy atom. The van der Waals surface area contributed by atoms with Crippen molar-refractivity contribution in [1.29, 1.82) is 0 Å². The maximum absolute atomic E-state index is 12.6. The van der Waals surface area contributed by atoms with Crippen LogP contribution < -0.4 is 4.72 Å². The number of hydrogen-bond acceptors (Lipinski definition) is 4. The van der Waals surface area contributed by atoms with E-state index in [0.717, 1.165) is 6.07 Å². The molecule has 0 saturated carbocycles. The van der Waals surface area contributed by atoms with Crippen LogP contribution in [0.3, 0.4) is 0 Å². The number of alkyl halides is 3. The highest BCUT2D eigenvalue weighted by atomic mass is 32.2. The Hall–Kier alpha value is -2.23. The Balaban J connectivity index is 2.39. The molecule has 0 aliphatic carbocycles. The third kappa shape index (κ3) is 3.27. The second-order valence-corrected chi connectivity index (χ2v) is 5.84. The number of hydrogen-bond donors (Lipinski definition) is 2. The second kappa shape index (κ2) is 4.95. The molecular weight excluding hydrogens is 311 g/mol. The van der Waals surface area contributed by atoms with Gasteiger partial charge in [-0.2, -0.15) is 21.6 Å². The molecule has 1 aromatic carbocycles. The number of aromatic hydroxyl groups is 1. The molecule has 2 N–H and O–H groups in total. The van der Waals surface area contributed by atoms with Gasteiger partial charge in [-0.3, -0.25) is 4.72 Å². The van der Waals surface area contributed by atoms with Gasteiger partial charge in [0.1, 0.15) is 5.75 Å². The van der Waals surface area contributed by atoms with Crippen LogP contribution in [0.4, 0.5) is 18.9 Å². The summed E-state index contributed by atoms with van der Waals surface area (Å²) in [5.41, 5.74) is -1.66. The fourth-order valence-corrected chi connectivity index (χ4v) is 2.57. The first-order valence-corrected chi connectivity index (χ1v) is 6.99. The van der Waals surface area contributed by atoms with E-state index in [2.05, 4.69) is 4.98 Å². The lowest BCUT2D eigenvalue weighted by molar-refractivity contribution is -0.137. The van der Waals surface area contributed by atoms with Crippen molar-refractivity contribution < 1.29 is 26.7 Å². The van der Waals surface area contributed by atoms with Gasteiger partial charge in [0.25, 0.3) is 10.0 Å². The molecule has 1 heterocycles. The predicted octanol–water partition coefficient (Wildman–Crippen LogP) is 1.95. The Morgan fingerprint density at radius 3 is 2.52 bits per heavy atom. The first kappa shape index (κ1) is 15.2. The molecular formula is C11H10F3N3O3S.